The molecule has 0 saturated carbocycles. The topological polar surface area (TPSA) is 88.4 Å². The van der Waals surface area contributed by atoms with Gasteiger partial charge in [-0.25, -0.2) is 0 Å². The van der Waals surface area contributed by atoms with Crippen LogP contribution >= 0.6 is 0 Å². The fourth-order valence-corrected chi connectivity index (χ4v) is 1.84. The second-order valence-corrected chi connectivity index (χ2v) is 4.55. The zero-order valence-corrected chi connectivity index (χ0v) is 11.4. The molecule has 0 aliphatic heterocycles. The van der Waals surface area contributed by atoms with E-state index >= 15 is 0 Å². The molecule has 0 unspecified atom stereocenters. The first kappa shape index (κ1) is 14.5. The molecule has 0 aliphatic carbocycles. The van der Waals surface area contributed by atoms with Crippen LogP contribution in [0.2, 0.25) is 0 Å². The van der Waals surface area contributed by atoms with Gasteiger partial charge >= 0.3 is 5.97 Å². The monoisotopic (exact) mass is 286 g/mol. The number of pyridine rings is 1. The predicted octanol–water partition coefficient (Wildman–Crippen LogP) is 1.26. The molecule has 6 heteroatoms. The van der Waals surface area contributed by atoms with Gasteiger partial charge in [-0.2, -0.15) is 0 Å². The van der Waals surface area contributed by atoms with Gasteiger partial charge in [0.2, 0.25) is 0 Å². The Morgan fingerprint density at radius 3 is 2.62 bits per heavy atom. The molecule has 1 aromatic carbocycles. The lowest BCUT2D eigenvalue weighted by Gasteiger charge is -2.09. The van der Waals surface area contributed by atoms with Crippen LogP contribution in [0.4, 0.5) is 5.69 Å². The van der Waals surface area contributed by atoms with Crippen molar-refractivity contribution in [2.24, 2.45) is 7.05 Å². The zero-order chi connectivity index (χ0) is 15.4. The fraction of sp³-hybridized carbons (Fsp3) is 0.133. The van der Waals surface area contributed by atoms with Crippen molar-refractivity contribution in [3.05, 3.63) is 64.1 Å². The van der Waals surface area contributed by atoms with Gasteiger partial charge in [-0.1, -0.05) is 18.2 Å². The SMILES string of the molecule is Cn1ccc(C(=O)Nc2ccccc2CC(=O)O)cc1=O. The highest BCUT2D eigenvalue weighted by Gasteiger charge is 2.11. The van der Waals surface area contributed by atoms with Crippen LogP contribution in [0.15, 0.2) is 47.4 Å². The lowest BCUT2D eigenvalue weighted by molar-refractivity contribution is -0.136. The number of amides is 1. The van der Waals surface area contributed by atoms with E-state index in [9.17, 15) is 14.4 Å². The molecule has 2 N–H and O–H groups in total. The summed E-state index contributed by atoms with van der Waals surface area (Å²) in [5.41, 5.74) is 0.859. The first-order chi connectivity index (χ1) is 9.97. The van der Waals surface area contributed by atoms with Crippen molar-refractivity contribution in [1.29, 1.82) is 0 Å². The van der Waals surface area contributed by atoms with Crippen LogP contribution in [-0.4, -0.2) is 21.6 Å². The van der Waals surface area contributed by atoms with Gasteiger partial charge in [0.1, 0.15) is 0 Å². The molecule has 0 bridgehead atoms. The van der Waals surface area contributed by atoms with Gasteiger partial charge in [0, 0.05) is 30.6 Å². The van der Waals surface area contributed by atoms with Crippen LogP contribution < -0.4 is 10.9 Å². The zero-order valence-electron chi connectivity index (χ0n) is 11.4. The number of carboxylic acid groups (broad SMARTS) is 1. The third kappa shape index (κ3) is 3.56. The number of benzene rings is 1. The predicted molar refractivity (Wildman–Crippen MR) is 77.4 cm³/mol. The molecular formula is C15H14N2O4. The molecule has 0 radical (unpaired) electrons. The second kappa shape index (κ2) is 6.04. The molecular weight excluding hydrogens is 272 g/mol. The van der Waals surface area contributed by atoms with Crippen molar-refractivity contribution < 1.29 is 14.7 Å². The lowest BCUT2D eigenvalue weighted by atomic mass is 10.1. The molecule has 21 heavy (non-hydrogen) atoms. The van der Waals surface area contributed by atoms with Gasteiger partial charge in [-0.3, -0.25) is 14.4 Å². The van der Waals surface area contributed by atoms with E-state index < -0.39 is 11.9 Å². The summed E-state index contributed by atoms with van der Waals surface area (Å²) in [7, 11) is 1.59. The number of carboxylic acids is 1. The summed E-state index contributed by atoms with van der Waals surface area (Å²) < 4.78 is 1.36. The van der Waals surface area contributed by atoms with E-state index in [1.807, 2.05) is 0 Å². The minimum absolute atomic E-state index is 0.187. The highest BCUT2D eigenvalue weighted by atomic mass is 16.4. The highest BCUT2D eigenvalue weighted by Crippen LogP contribution is 2.16. The maximum absolute atomic E-state index is 12.1. The first-order valence-electron chi connectivity index (χ1n) is 6.25. The van der Waals surface area contributed by atoms with E-state index in [-0.39, 0.29) is 17.5 Å². The van der Waals surface area contributed by atoms with E-state index in [0.29, 0.717) is 11.3 Å². The van der Waals surface area contributed by atoms with E-state index in [0.717, 1.165) is 0 Å². The van der Waals surface area contributed by atoms with E-state index in [1.165, 1.54) is 22.9 Å². The Hall–Kier alpha value is -2.89. The van der Waals surface area contributed by atoms with Gasteiger partial charge in [-0.05, 0) is 17.7 Å². The largest absolute Gasteiger partial charge is 0.481 e. The maximum Gasteiger partial charge on any atom is 0.307 e. The van der Waals surface area contributed by atoms with Crippen molar-refractivity contribution in [2.75, 3.05) is 5.32 Å². The van der Waals surface area contributed by atoms with Gasteiger partial charge in [-0.15, -0.1) is 0 Å². The van der Waals surface area contributed by atoms with E-state index in [4.69, 9.17) is 5.11 Å². The third-order valence-electron chi connectivity index (χ3n) is 2.97. The van der Waals surface area contributed by atoms with Crippen molar-refractivity contribution >= 4 is 17.6 Å². The molecule has 108 valence electrons. The molecule has 1 amide bonds. The third-order valence-corrected chi connectivity index (χ3v) is 2.97. The maximum atomic E-state index is 12.1. The number of hydrogen-bond donors (Lipinski definition) is 2. The van der Waals surface area contributed by atoms with Crippen LogP contribution in [0.3, 0.4) is 0 Å². The average Bonchev–Trinajstić information content (AvgIpc) is 2.43. The molecule has 2 rings (SSSR count). The number of aryl methyl sites for hydroxylation is 1. The van der Waals surface area contributed by atoms with E-state index in [1.54, 1.807) is 31.3 Å². The number of aliphatic carboxylic acids is 1. The normalized spacial score (nSPS) is 10.1. The number of nitrogens with zero attached hydrogens (tertiary/aromatic N) is 1. The number of anilines is 1. The highest BCUT2D eigenvalue weighted by molar-refractivity contribution is 6.04. The number of para-hydroxylation sites is 1. The van der Waals surface area contributed by atoms with Crippen LogP contribution in [0.25, 0.3) is 0 Å². The number of rotatable bonds is 4. The van der Waals surface area contributed by atoms with Crippen molar-refractivity contribution in [3.63, 3.8) is 0 Å². The summed E-state index contributed by atoms with van der Waals surface area (Å²) in [4.78, 5) is 34.4. The molecule has 0 aliphatic rings. The molecule has 0 atom stereocenters. The molecule has 1 heterocycles. The lowest BCUT2D eigenvalue weighted by Crippen LogP contribution is -2.20. The first-order valence-corrected chi connectivity index (χ1v) is 6.25. The van der Waals surface area contributed by atoms with Crippen molar-refractivity contribution in [1.82, 2.24) is 4.57 Å². The number of carbonyl (C=O) groups is 2. The summed E-state index contributed by atoms with van der Waals surface area (Å²) in [5.74, 6) is -1.43. The summed E-state index contributed by atoms with van der Waals surface area (Å²) in [6.45, 7) is 0. The van der Waals surface area contributed by atoms with Gasteiger partial charge in [0.15, 0.2) is 0 Å². The summed E-state index contributed by atoms with van der Waals surface area (Å²) in [5, 5.41) is 11.5. The molecule has 0 saturated heterocycles. The van der Waals surface area contributed by atoms with E-state index in [2.05, 4.69) is 5.32 Å². The summed E-state index contributed by atoms with van der Waals surface area (Å²) in [6.07, 6.45) is 1.31. The minimum atomic E-state index is -0.981. The molecule has 1 aromatic heterocycles. The molecule has 0 spiro atoms. The molecule has 6 nitrogen and oxygen atoms in total. The Balaban J connectivity index is 2.25. The van der Waals surface area contributed by atoms with Crippen LogP contribution in [0.5, 0.6) is 0 Å². The van der Waals surface area contributed by atoms with Gasteiger partial charge < -0.3 is 15.0 Å². The van der Waals surface area contributed by atoms with Crippen LogP contribution in [-0.2, 0) is 18.3 Å². The Morgan fingerprint density at radius 2 is 1.95 bits per heavy atom. The molecule has 0 fully saturated rings. The number of carbonyl (C=O) groups excluding carboxylic acids is 1. The van der Waals surface area contributed by atoms with Gasteiger partial charge in [0.25, 0.3) is 11.5 Å². The Labute approximate surface area is 120 Å². The van der Waals surface area contributed by atoms with Gasteiger partial charge in [0.05, 0.1) is 6.42 Å². The Bertz CT molecular complexity index is 749. The fourth-order valence-electron chi connectivity index (χ4n) is 1.84. The second-order valence-electron chi connectivity index (χ2n) is 4.55. The number of nitrogens with one attached hydrogen (secondary N) is 1. The molecule has 2 aromatic rings. The van der Waals surface area contributed by atoms with Crippen molar-refractivity contribution in [3.8, 4) is 0 Å². The Morgan fingerprint density at radius 1 is 1.24 bits per heavy atom. The minimum Gasteiger partial charge on any atom is -0.481 e. The quantitative estimate of drug-likeness (QED) is 0.885. The average molecular weight is 286 g/mol. The standard InChI is InChI=1S/C15H14N2O4/c1-17-7-6-11(8-13(17)18)15(21)16-12-5-3-2-4-10(12)9-14(19)20/h2-8H,9H2,1H3,(H,16,21)(H,19,20). The Kier molecular flexibility index (Phi) is 4.18. The number of hydrogen-bond acceptors (Lipinski definition) is 3. The van der Waals surface area contributed by atoms with Crippen LogP contribution in [0.1, 0.15) is 15.9 Å². The van der Waals surface area contributed by atoms with Crippen LogP contribution in [0, 0.1) is 0 Å². The summed E-state index contributed by atoms with van der Waals surface area (Å²) >= 11 is 0. The van der Waals surface area contributed by atoms with Crippen molar-refractivity contribution in [2.45, 2.75) is 6.42 Å². The number of aromatic nitrogens is 1. The smallest absolute Gasteiger partial charge is 0.307 e. The summed E-state index contributed by atoms with van der Waals surface area (Å²) in [6, 6.07) is 9.41.